The van der Waals surface area contributed by atoms with E-state index in [1.165, 1.54) is 17.0 Å². The van der Waals surface area contributed by atoms with Crippen LogP contribution in [0.1, 0.15) is 22.7 Å². The number of carbonyl (C=O) groups excluding carboxylic acids is 2. The second-order valence-electron chi connectivity index (χ2n) is 8.22. The lowest BCUT2D eigenvalue weighted by atomic mass is 9.94. The number of amides is 1. The molecular formula is C25H28N2O6. The molecule has 2 fully saturated rings. The first-order valence-electron chi connectivity index (χ1n) is 10.9. The first-order chi connectivity index (χ1) is 15.9. The lowest BCUT2D eigenvalue weighted by molar-refractivity contribution is -0.140. The smallest absolute Gasteiger partial charge is 0.295 e. The average molecular weight is 453 g/mol. The number of aromatic hydroxyl groups is 1. The fourth-order valence-electron chi connectivity index (χ4n) is 4.37. The number of Topliss-reactive ketones (excluding diaryl/α,β-unsaturated/α-hetero) is 1. The lowest BCUT2D eigenvalue weighted by Crippen LogP contribution is -2.42. The third-order valence-electron chi connectivity index (χ3n) is 6.18. The molecular weight excluding hydrogens is 424 g/mol. The number of methoxy groups -OCH3 is 1. The van der Waals surface area contributed by atoms with Gasteiger partial charge in [-0.15, -0.1) is 0 Å². The largest absolute Gasteiger partial charge is 0.508 e. The summed E-state index contributed by atoms with van der Waals surface area (Å²) in [5.74, 6) is -0.859. The molecule has 2 aliphatic heterocycles. The Kier molecular flexibility index (Phi) is 6.67. The standard InChI is InChI=1S/C25H28N2O6/c1-16-15-18(5-8-20(16)32-2)23(29)21-22(17-3-6-19(28)7-4-17)27(25(31)24(21)30)10-9-26-11-13-33-14-12-26/h3-8,15,22,28-29H,9-14H2,1-2H3/b23-21+. The van der Waals surface area contributed by atoms with E-state index in [1.807, 2.05) is 6.92 Å². The van der Waals surface area contributed by atoms with Gasteiger partial charge in [0.25, 0.3) is 11.7 Å². The number of rotatable bonds is 6. The Morgan fingerprint density at radius 3 is 2.42 bits per heavy atom. The molecule has 0 radical (unpaired) electrons. The van der Waals surface area contributed by atoms with E-state index in [4.69, 9.17) is 9.47 Å². The molecule has 2 aromatic rings. The maximum Gasteiger partial charge on any atom is 0.295 e. The normalized spacial score (nSPS) is 20.9. The third kappa shape index (κ3) is 4.58. The molecule has 0 aliphatic carbocycles. The number of phenols is 1. The number of nitrogens with zero attached hydrogens (tertiary/aromatic N) is 2. The summed E-state index contributed by atoms with van der Waals surface area (Å²) in [4.78, 5) is 29.9. The first kappa shape index (κ1) is 22.8. The van der Waals surface area contributed by atoms with Gasteiger partial charge in [-0.2, -0.15) is 0 Å². The highest BCUT2D eigenvalue weighted by molar-refractivity contribution is 6.46. The second kappa shape index (κ2) is 9.64. The monoisotopic (exact) mass is 452 g/mol. The van der Waals surface area contributed by atoms with Gasteiger partial charge in [0, 0.05) is 31.7 Å². The molecule has 2 saturated heterocycles. The van der Waals surface area contributed by atoms with Crippen LogP contribution >= 0.6 is 0 Å². The first-order valence-corrected chi connectivity index (χ1v) is 10.9. The highest BCUT2D eigenvalue weighted by atomic mass is 16.5. The summed E-state index contributed by atoms with van der Waals surface area (Å²) in [5, 5.41) is 20.9. The summed E-state index contributed by atoms with van der Waals surface area (Å²) >= 11 is 0. The van der Waals surface area contributed by atoms with Gasteiger partial charge in [-0.05, 0) is 48.4 Å². The summed E-state index contributed by atoms with van der Waals surface area (Å²) in [6.07, 6.45) is 0. The van der Waals surface area contributed by atoms with Gasteiger partial charge in [0.1, 0.15) is 17.3 Å². The van der Waals surface area contributed by atoms with Gasteiger partial charge in [-0.3, -0.25) is 14.5 Å². The van der Waals surface area contributed by atoms with Crippen LogP contribution in [0.4, 0.5) is 0 Å². The summed E-state index contributed by atoms with van der Waals surface area (Å²) < 4.78 is 10.7. The van der Waals surface area contributed by atoms with E-state index < -0.39 is 17.7 Å². The predicted molar refractivity (Wildman–Crippen MR) is 122 cm³/mol. The van der Waals surface area contributed by atoms with Crippen molar-refractivity contribution in [2.45, 2.75) is 13.0 Å². The van der Waals surface area contributed by atoms with Crippen LogP contribution in [0.3, 0.4) is 0 Å². The van der Waals surface area contributed by atoms with E-state index in [1.54, 1.807) is 37.4 Å². The zero-order valence-electron chi connectivity index (χ0n) is 18.8. The molecule has 2 aromatic carbocycles. The van der Waals surface area contributed by atoms with E-state index >= 15 is 0 Å². The van der Waals surface area contributed by atoms with Crippen molar-refractivity contribution in [1.82, 2.24) is 9.80 Å². The Labute approximate surface area is 192 Å². The minimum atomic E-state index is -0.756. The molecule has 1 atom stereocenters. The molecule has 4 rings (SSSR count). The number of hydrogen-bond acceptors (Lipinski definition) is 7. The van der Waals surface area contributed by atoms with Crippen molar-refractivity contribution in [1.29, 1.82) is 0 Å². The number of ether oxygens (including phenoxy) is 2. The molecule has 8 nitrogen and oxygen atoms in total. The molecule has 0 aromatic heterocycles. The minimum Gasteiger partial charge on any atom is -0.508 e. The van der Waals surface area contributed by atoms with Crippen molar-refractivity contribution >= 4 is 17.4 Å². The molecule has 0 bridgehead atoms. The van der Waals surface area contributed by atoms with Crippen LogP contribution in [0, 0.1) is 6.92 Å². The Balaban J connectivity index is 1.74. The Morgan fingerprint density at radius 1 is 1.09 bits per heavy atom. The zero-order chi connectivity index (χ0) is 23.5. The van der Waals surface area contributed by atoms with Crippen LogP contribution in [-0.4, -0.2) is 78.2 Å². The van der Waals surface area contributed by atoms with Crippen molar-refractivity contribution < 1.29 is 29.3 Å². The Morgan fingerprint density at radius 2 is 1.79 bits per heavy atom. The average Bonchev–Trinajstić information content (AvgIpc) is 3.08. The van der Waals surface area contributed by atoms with Crippen LogP contribution < -0.4 is 4.74 Å². The molecule has 2 N–H and O–H groups in total. The van der Waals surface area contributed by atoms with Gasteiger partial charge in [0.15, 0.2) is 0 Å². The van der Waals surface area contributed by atoms with Crippen molar-refractivity contribution in [3.05, 3.63) is 64.7 Å². The van der Waals surface area contributed by atoms with Gasteiger partial charge < -0.3 is 24.6 Å². The number of aliphatic hydroxyl groups is 1. The maximum atomic E-state index is 13.1. The SMILES string of the molecule is COc1ccc(/C(O)=C2\C(=O)C(=O)N(CCN3CCOCC3)C2c2ccc(O)cc2)cc1C. The fourth-order valence-corrected chi connectivity index (χ4v) is 4.37. The molecule has 0 saturated carbocycles. The number of aryl methyl sites for hydroxylation is 1. The quantitative estimate of drug-likeness (QED) is 0.395. The number of likely N-dealkylation sites (tertiary alicyclic amines) is 1. The van der Waals surface area contributed by atoms with Crippen LogP contribution in [0.25, 0.3) is 5.76 Å². The number of morpholine rings is 1. The van der Waals surface area contributed by atoms with E-state index in [9.17, 15) is 19.8 Å². The highest BCUT2D eigenvalue weighted by Crippen LogP contribution is 2.40. The maximum absolute atomic E-state index is 13.1. The fraction of sp³-hybridized carbons (Fsp3) is 0.360. The van der Waals surface area contributed by atoms with Crippen molar-refractivity contribution in [2.75, 3.05) is 46.5 Å². The van der Waals surface area contributed by atoms with Gasteiger partial charge in [0.2, 0.25) is 0 Å². The summed E-state index contributed by atoms with van der Waals surface area (Å²) in [7, 11) is 1.56. The zero-order valence-corrected chi connectivity index (χ0v) is 18.8. The topological polar surface area (TPSA) is 99.5 Å². The summed E-state index contributed by atoms with van der Waals surface area (Å²) in [5.41, 5.74) is 1.91. The lowest BCUT2D eigenvalue weighted by Gasteiger charge is -2.31. The van der Waals surface area contributed by atoms with E-state index in [-0.39, 0.29) is 17.1 Å². The Hall–Kier alpha value is -3.36. The Bertz CT molecular complexity index is 1070. The molecule has 174 valence electrons. The number of phenolic OH excluding ortho intramolecular Hbond substituents is 1. The third-order valence-corrected chi connectivity index (χ3v) is 6.18. The number of ketones is 1. The van der Waals surface area contributed by atoms with Gasteiger partial charge in [0.05, 0.1) is 31.9 Å². The van der Waals surface area contributed by atoms with Crippen LogP contribution in [-0.2, 0) is 14.3 Å². The molecule has 2 heterocycles. The van der Waals surface area contributed by atoms with Crippen molar-refractivity contribution in [3.8, 4) is 11.5 Å². The summed E-state index contributed by atoms with van der Waals surface area (Å²) in [6.45, 7) is 5.56. The van der Waals surface area contributed by atoms with E-state index in [0.717, 1.165) is 18.7 Å². The van der Waals surface area contributed by atoms with Crippen LogP contribution in [0.15, 0.2) is 48.0 Å². The molecule has 1 unspecified atom stereocenters. The minimum absolute atomic E-state index is 0.0391. The van der Waals surface area contributed by atoms with Crippen molar-refractivity contribution in [2.24, 2.45) is 0 Å². The molecule has 33 heavy (non-hydrogen) atoms. The molecule has 8 heteroatoms. The van der Waals surface area contributed by atoms with E-state index in [0.29, 0.717) is 43.2 Å². The van der Waals surface area contributed by atoms with Crippen LogP contribution in [0.2, 0.25) is 0 Å². The summed E-state index contributed by atoms with van der Waals surface area (Å²) in [6, 6.07) is 10.7. The molecule has 1 amide bonds. The number of carbonyl (C=O) groups is 2. The van der Waals surface area contributed by atoms with Crippen LogP contribution in [0.5, 0.6) is 11.5 Å². The second-order valence-corrected chi connectivity index (χ2v) is 8.22. The number of hydrogen-bond donors (Lipinski definition) is 2. The molecule has 0 spiro atoms. The predicted octanol–water partition coefficient (Wildman–Crippen LogP) is 2.46. The highest BCUT2D eigenvalue weighted by Gasteiger charge is 2.46. The molecule has 2 aliphatic rings. The van der Waals surface area contributed by atoms with Gasteiger partial charge in [-0.25, -0.2) is 0 Å². The van der Waals surface area contributed by atoms with Gasteiger partial charge in [-0.1, -0.05) is 12.1 Å². The van der Waals surface area contributed by atoms with Gasteiger partial charge >= 0.3 is 0 Å². The number of aliphatic hydroxyl groups excluding tert-OH is 1. The van der Waals surface area contributed by atoms with E-state index in [2.05, 4.69) is 4.90 Å². The number of benzene rings is 2. The van der Waals surface area contributed by atoms with Crippen molar-refractivity contribution in [3.63, 3.8) is 0 Å².